The lowest BCUT2D eigenvalue weighted by Gasteiger charge is -2.52. The highest BCUT2D eigenvalue weighted by molar-refractivity contribution is 14.1. The third-order valence-electron chi connectivity index (χ3n) is 8.39. The Morgan fingerprint density at radius 3 is 2.37 bits per heavy atom. The van der Waals surface area contributed by atoms with Crippen LogP contribution in [-0.2, 0) is 11.3 Å². The number of ether oxygens (including phenoxy) is 3. The maximum absolute atomic E-state index is 11.2. The number of hydrogen-bond donors (Lipinski definition) is 1. The van der Waals surface area contributed by atoms with Crippen molar-refractivity contribution >= 4 is 51.3 Å². The Hall–Kier alpha value is -1.66. The van der Waals surface area contributed by atoms with E-state index in [-0.39, 0.29) is 12.1 Å². The molecule has 0 aliphatic carbocycles. The van der Waals surface area contributed by atoms with Crippen molar-refractivity contribution in [1.82, 2.24) is 4.90 Å². The highest BCUT2D eigenvalue weighted by Crippen LogP contribution is 2.44. The average Bonchev–Trinajstić information content (AvgIpc) is 2.99. The molecule has 0 radical (unpaired) electrons. The standard InChI is InChI=1S/C34H39I2NO4/c1-39-33-15-12-23(17-30(33)35)11-14-28(38)19-26-9-6-10-27-20-29(41-22-24-7-4-3-5-8-24)21-32(37(26)27)25-13-16-34(40-2)31(36)18-25/h3-5,7-8,11-18,26-29,32,38H,6,9-10,19-22H2,1-2H3/b14-11+/t26-,27-,28+,29-,32+/m0/s1. The van der Waals surface area contributed by atoms with Crippen molar-refractivity contribution in [3.05, 3.63) is 96.6 Å². The lowest BCUT2D eigenvalue weighted by atomic mass is 9.80. The van der Waals surface area contributed by atoms with Crippen molar-refractivity contribution < 1.29 is 19.3 Å². The van der Waals surface area contributed by atoms with Gasteiger partial charge in [-0.3, -0.25) is 4.90 Å². The van der Waals surface area contributed by atoms with Crippen molar-refractivity contribution in [3.8, 4) is 11.5 Å². The third-order valence-corrected chi connectivity index (χ3v) is 10.1. The van der Waals surface area contributed by atoms with Gasteiger partial charge in [0.1, 0.15) is 11.5 Å². The van der Waals surface area contributed by atoms with Crippen molar-refractivity contribution in [2.45, 2.75) is 75.5 Å². The molecule has 0 spiro atoms. The molecule has 0 bridgehead atoms. The Balaban J connectivity index is 1.34. The van der Waals surface area contributed by atoms with E-state index in [1.54, 1.807) is 14.2 Å². The van der Waals surface area contributed by atoms with Crippen LogP contribution in [0.25, 0.3) is 6.08 Å². The molecule has 5 rings (SSSR count). The van der Waals surface area contributed by atoms with Crippen molar-refractivity contribution in [3.63, 3.8) is 0 Å². The average molecular weight is 779 g/mol. The van der Waals surface area contributed by atoms with E-state index in [0.717, 1.165) is 49.9 Å². The molecule has 7 heteroatoms. The molecule has 1 N–H and O–H groups in total. The van der Waals surface area contributed by atoms with Crippen LogP contribution in [0.3, 0.4) is 0 Å². The summed E-state index contributed by atoms with van der Waals surface area (Å²) in [6, 6.07) is 24.1. The number of piperidine rings is 2. The van der Waals surface area contributed by atoms with Crippen LogP contribution in [0, 0.1) is 7.14 Å². The summed E-state index contributed by atoms with van der Waals surface area (Å²) in [4.78, 5) is 2.72. The lowest BCUT2D eigenvalue weighted by molar-refractivity contribution is -0.0850. The first-order valence-corrected chi connectivity index (χ1v) is 16.6. The number of fused-ring (bicyclic) bond motifs is 1. The van der Waals surface area contributed by atoms with E-state index in [2.05, 4.69) is 98.6 Å². The number of benzene rings is 3. The molecule has 5 nitrogen and oxygen atoms in total. The van der Waals surface area contributed by atoms with E-state index in [1.165, 1.54) is 24.0 Å². The van der Waals surface area contributed by atoms with Crippen LogP contribution in [0.4, 0.5) is 0 Å². The number of aliphatic hydroxyl groups excluding tert-OH is 1. The van der Waals surface area contributed by atoms with Crippen LogP contribution in [0.1, 0.15) is 61.3 Å². The minimum atomic E-state index is -0.512. The zero-order chi connectivity index (χ0) is 28.8. The summed E-state index contributed by atoms with van der Waals surface area (Å²) in [5.74, 6) is 1.77. The summed E-state index contributed by atoms with van der Waals surface area (Å²) in [6.07, 6.45) is 9.80. The van der Waals surface area contributed by atoms with Gasteiger partial charge in [0.25, 0.3) is 0 Å². The molecule has 5 atom stereocenters. The second kappa shape index (κ2) is 14.7. The normalized spacial score (nSPS) is 23.7. The van der Waals surface area contributed by atoms with Gasteiger partial charge in [0.2, 0.25) is 0 Å². The summed E-state index contributed by atoms with van der Waals surface area (Å²) in [6.45, 7) is 0.641. The molecule has 2 aliphatic heterocycles. The van der Waals surface area contributed by atoms with E-state index in [9.17, 15) is 5.11 Å². The zero-order valence-electron chi connectivity index (χ0n) is 23.7. The number of rotatable bonds is 10. The van der Waals surface area contributed by atoms with Crippen molar-refractivity contribution in [2.75, 3.05) is 14.2 Å². The van der Waals surface area contributed by atoms with Gasteiger partial charge < -0.3 is 19.3 Å². The van der Waals surface area contributed by atoms with Gasteiger partial charge in [0.05, 0.1) is 40.2 Å². The second-order valence-electron chi connectivity index (χ2n) is 11.0. The predicted molar refractivity (Wildman–Crippen MR) is 181 cm³/mol. The summed E-state index contributed by atoms with van der Waals surface area (Å²) >= 11 is 4.66. The first-order valence-electron chi connectivity index (χ1n) is 14.4. The fourth-order valence-corrected chi connectivity index (χ4v) is 7.95. The number of aliphatic hydroxyl groups is 1. The van der Waals surface area contributed by atoms with E-state index in [4.69, 9.17) is 14.2 Å². The smallest absolute Gasteiger partial charge is 0.132 e. The number of methoxy groups -OCH3 is 2. The monoisotopic (exact) mass is 779 g/mol. The first-order chi connectivity index (χ1) is 19.9. The van der Waals surface area contributed by atoms with E-state index < -0.39 is 6.10 Å². The van der Waals surface area contributed by atoms with Crippen LogP contribution in [0.2, 0.25) is 0 Å². The quantitative estimate of drug-likeness (QED) is 0.212. The summed E-state index contributed by atoms with van der Waals surface area (Å²) in [7, 11) is 3.41. The number of hydrogen-bond acceptors (Lipinski definition) is 5. The largest absolute Gasteiger partial charge is 0.496 e. The molecule has 2 fully saturated rings. The predicted octanol–water partition coefficient (Wildman–Crippen LogP) is 8.02. The molecule has 3 aromatic rings. The van der Waals surface area contributed by atoms with Gasteiger partial charge in [-0.2, -0.15) is 0 Å². The molecule has 218 valence electrons. The fourth-order valence-electron chi connectivity index (χ4n) is 6.43. The summed E-state index contributed by atoms with van der Waals surface area (Å²) < 4.78 is 19.7. The summed E-state index contributed by atoms with van der Waals surface area (Å²) in [5.41, 5.74) is 3.59. The molecule has 2 aliphatic rings. The summed E-state index contributed by atoms with van der Waals surface area (Å²) in [5, 5.41) is 11.2. The molecule has 41 heavy (non-hydrogen) atoms. The Morgan fingerprint density at radius 1 is 0.927 bits per heavy atom. The SMILES string of the molecule is COc1ccc(/C=C/[C@@H](O)C[C@@H]2CCC[C@H]3C[C@H](OCc4ccccc4)C[C@H](c4ccc(OC)c(I)c4)N32)cc1I. The van der Waals surface area contributed by atoms with Crippen LogP contribution in [-0.4, -0.2) is 48.5 Å². The van der Waals surface area contributed by atoms with Crippen LogP contribution in [0.15, 0.2) is 72.8 Å². The maximum Gasteiger partial charge on any atom is 0.132 e. The van der Waals surface area contributed by atoms with Gasteiger partial charge in [-0.25, -0.2) is 0 Å². The molecule has 0 aromatic heterocycles. The van der Waals surface area contributed by atoms with E-state index >= 15 is 0 Å². The van der Waals surface area contributed by atoms with Crippen LogP contribution < -0.4 is 9.47 Å². The van der Waals surface area contributed by atoms with Crippen LogP contribution >= 0.6 is 45.2 Å². The Labute approximate surface area is 271 Å². The molecule has 2 saturated heterocycles. The van der Waals surface area contributed by atoms with Crippen molar-refractivity contribution in [1.29, 1.82) is 0 Å². The van der Waals surface area contributed by atoms with Gasteiger partial charge in [-0.1, -0.05) is 61.0 Å². The molecule has 2 heterocycles. The minimum Gasteiger partial charge on any atom is -0.496 e. The van der Waals surface area contributed by atoms with Gasteiger partial charge in [0.15, 0.2) is 0 Å². The molecule has 0 amide bonds. The maximum atomic E-state index is 11.2. The highest BCUT2D eigenvalue weighted by Gasteiger charge is 2.42. The van der Waals surface area contributed by atoms with E-state index in [1.807, 2.05) is 30.4 Å². The molecular formula is C34H39I2NO4. The molecule has 0 saturated carbocycles. The number of nitrogens with zero attached hydrogens (tertiary/aromatic N) is 1. The Kier molecular flexibility index (Phi) is 11.0. The van der Waals surface area contributed by atoms with E-state index in [0.29, 0.717) is 18.7 Å². The lowest BCUT2D eigenvalue weighted by Crippen LogP contribution is -2.54. The van der Waals surface area contributed by atoms with Gasteiger partial charge in [-0.05, 0) is 118 Å². The van der Waals surface area contributed by atoms with Gasteiger partial charge in [-0.15, -0.1) is 0 Å². The van der Waals surface area contributed by atoms with Gasteiger partial charge in [0, 0.05) is 18.1 Å². The highest BCUT2D eigenvalue weighted by atomic mass is 127. The molecule has 3 aromatic carbocycles. The molecule has 0 unspecified atom stereocenters. The topological polar surface area (TPSA) is 51.2 Å². The van der Waals surface area contributed by atoms with Crippen molar-refractivity contribution in [2.24, 2.45) is 0 Å². The Bertz CT molecular complexity index is 1320. The first kappa shape index (κ1) is 30.8. The second-order valence-corrected chi connectivity index (χ2v) is 13.4. The number of halogens is 2. The fraction of sp³-hybridized carbons (Fsp3) is 0.412. The minimum absolute atomic E-state index is 0.197. The Morgan fingerprint density at radius 2 is 1.66 bits per heavy atom. The van der Waals surface area contributed by atoms with Crippen LogP contribution in [0.5, 0.6) is 11.5 Å². The molecular weight excluding hydrogens is 740 g/mol. The van der Waals surface area contributed by atoms with Gasteiger partial charge >= 0.3 is 0 Å². The third kappa shape index (κ3) is 7.84. The zero-order valence-corrected chi connectivity index (χ0v) is 28.0.